The van der Waals surface area contributed by atoms with Gasteiger partial charge in [0.2, 0.25) is 4.80 Å². The molecule has 0 saturated heterocycles. The summed E-state index contributed by atoms with van der Waals surface area (Å²) in [5.74, 6) is -0.488. The number of nitrogens with zero attached hydrogens (tertiary/aromatic N) is 2. The molecular formula is C17H14Cl2N2O4S2. The lowest BCUT2D eigenvalue weighted by Crippen LogP contribution is -2.23. The highest BCUT2D eigenvalue weighted by atomic mass is 35.5. The van der Waals surface area contributed by atoms with Gasteiger partial charge in [0.15, 0.2) is 0 Å². The monoisotopic (exact) mass is 444 g/mol. The first kappa shape index (κ1) is 19.9. The lowest BCUT2D eigenvalue weighted by Gasteiger charge is -2.05. The van der Waals surface area contributed by atoms with E-state index >= 15 is 0 Å². The van der Waals surface area contributed by atoms with Crippen molar-refractivity contribution in [2.75, 3.05) is 6.61 Å². The van der Waals surface area contributed by atoms with Crippen molar-refractivity contribution >= 4 is 60.7 Å². The molecule has 0 N–H and O–H groups in total. The van der Waals surface area contributed by atoms with E-state index in [1.54, 1.807) is 25.1 Å². The van der Waals surface area contributed by atoms with E-state index in [0.717, 1.165) is 11.3 Å². The van der Waals surface area contributed by atoms with Gasteiger partial charge in [-0.1, -0.05) is 34.5 Å². The van der Waals surface area contributed by atoms with Crippen molar-refractivity contribution in [2.24, 2.45) is 4.40 Å². The Balaban J connectivity index is 2.18. The van der Waals surface area contributed by atoms with Crippen LogP contribution in [0, 0.1) is 0 Å². The van der Waals surface area contributed by atoms with Gasteiger partial charge < -0.3 is 9.30 Å². The molecule has 10 heteroatoms. The normalized spacial score (nSPS) is 12.5. The summed E-state index contributed by atoms with van der Waals surface area (Å²) in [6, 6.07) is 10.8. The third kappa shape index (κ3) is 4.52. The average molecular weight is 445 g/mol. The van der Waals surface area contributed by atoms with Crippen LogP contribution < -0.4 is 4.80 Å². The maximum atomic E-state index is 12.7. The summed E-state index contributed by atoms with van der Waals surface area (Å²) in [6.45, 7) is 1.76. The summed E-state index contributed by atoms with van der Waals surface area (Å²) < 4.78 is 36.4. The quantitative estimate of drug-likeness (QED) is 0.559. The van der Waals surface area contributed by atoms with Crippen molar-refractivity contribution in [3.8, 4) is 0 Å². The Morgan fingerprint density at radius 2 is 1.81 bits per heavy atom. The van der Waals surface area contributed by atoms with E-state index in [0.29, 0.717) is 20.3 Å². The van der Waals surface area contributed by atoms with Gasteiger partial charge in [0, 0.05) is 10.0 Å². The summed E-state index contributed by atoms with van der Waals surface area (Å²) in [7, 11) is -3.99. The summed E-state index contributed by atoms with van der Waals surface area (Å²) >= 11 is 13.0. The second-order valence-electron chi connectivity index (χ2n) is 5.41. The molecule has 0 aliphatic carbocycles. The van der Waals surface area contributed by atoms with Crippen molar-refractivity contribution in [3.63, 3.8) is 0 Å². The molecule has 0 atom stereocenters. The zero-order valence-corrected chi connectivity index (χ0v) is 17.2. The molecule has 6 nitrogen and oxygen atoms in total. The number of carbonyl (C=O) groups is 1. The molecule has 142 valence electrons. The van der Waals surface area contributed by atoms with E-state index in [4.69, 9.17) is 27.9 Å². The standard InChI is InChI=1S/C17H14Cl2N2O4S2/c1-2-25-16(22)10-21-14-8-5-12(19)9-15(14)26-17(21)20-27(23,24)13-6-3-11(18)4-7-13/h3-9H,2,10H2,1H3. The van der Waals surface area contributed by atoms with Crippen LogP contribution in [0.2, 0.25) is 10.0 Å². The number of hydrogen-bond donors (Lipinski definition) is 0. The number of sulfonamides is 1. The van der Waals surface area contributed by atoms with Crippen LogP contribution in [0.3, 0.4) is 0 Å². The number of esters is 1. The third-order valence-corrected chi connectivity index (χ3v) is 6.47. The average Bonchev–Trinajstić information content (AvgIpc) is 2.91. The Kier molecular flexibility index (Phi) is 5.90. The van der Waals surface area contributed by atoms with E-state index in [-0.39, 0.29) is 22.8 Å². The molecule has 0 amide bonds. The topological polar surface area (TPSA) is 77.7 Å². The molecule has 1 aromatic heterocycles. The van der Waals surface area contributed by atoms with Crippen LogP contribution in [-0.2, 0) is 26.1 Å². The molecule has 27 heavy (non-hydrogen) atoms. The van der Waals surface area contributed by atoms with Crippen molar-refractivity contribution in [1.29, 1.82) is 0 Å². The Hall–Kier alpha value is -1.87. The largest absolute Gasteiger partial charge is 0.465 e. The van der Waals surface area contributed by atoms with Gasteiger partial charge in [-0.15, -0.1) is 4.40 Å². The highest BCUT2D eigenvalue weighted by Crippen LogP contribution is 2.23. The molecule has 0 aliphatic rings. The minimum absolute atomic E-state index is 0.00470. The van der Waals surface area contributed by atoms with E-state index in [1.807, 2.05) is 0 Å². The molecule has 0 fully saturated rings. The van der Waals surface area contributed by atoms with E-state index in [2.05, 4.69) is 4.40 Å². The molecule has 0 bridgehead atoms. The highest BCUT2D eigenvalue weighted by Gasteiger charge is 2.16. The Morgan fingerprint density at radius 1 is 1.15 bits per heavy atom. The number of halogens is 2. The number of hydrogen-bond acceptors (Lipinski definition) is 5. The number of aromatic nitrogens is 1. The molecule has 1 heterocycles. The van der Waals surface area contributed by atoms with Crippen LogP contribution in [0.5, 0.6) is 0 Å². The van der Waals surface area contributed by atoms with Gasteiger partial charge >= 0.3 is 5.97 Å². The third-order valence-electron chi connectivity index (χ3n) is 3.55. The second kappa shape index (κ2) is 8.02. The van der Waals surface area contributed by atoms with E-state index in [1.165, 1.54) is 28.8 Å². The molecule has 0 saturated carbocycles. The lowest BCUT2D eigenvalue weighted by atomic mass is 10.3. The van der Waals surface area contributed by atoms with Gasteiger partial charge in [-0.05, 0) is 49.4 Å². The van der Waals surface area contributed by atoms with Gasteiger partial charge in [-0.3, -0.25) is 4.79 Å². The number of benzene rings is 2. The molecule has 0 spiro atoms. The van der Waals surface area contributed by atoms with Crippen molar-refractivity contribution in [2.45, 2.75) is 18.4 Å². The number of rotatable bonds is 5. The van der Waals surface area contributed by atoms with E-state index in [9.17, 15) is 13.2 Å². The Labute approximate surface area is 169 Å². The van der Waals surface area contributed by atoms with Crippen LogP contribution >= 0.6 is 34.5 Å². The number of fused-ring (bicyclic) bond motifs is 1. The molecule has 2 aromatic carbocycles. The maximum absolute atomic E-state index is 12.7. The zero-order chi connectivity index (χ0) is 19.6. The van der Waals surface area contributed by atoms with Gasteiger partial charge in [0.05, 0.1) is 21.7 Å². The maximum Gasteiger partial charge on any atom is 0.326 e. The van der Waals surface area contributed by atoms with Gasteiger partial charge in [0.25, 0.3) is 10.0 Å². The van der Waals surface area contributed by atoms with Crippen LogP contribution in [0.25, 0.3) is 10.2 Å². The second-order valence-corrected chi connectivity index (χ2v) is 8.89. The molecule has 0 unspecified atom stereocenters. The summed E-state index contributed by atoms with van der Waals surface area (Å²) in [6.07, 6.45) is 0. The van der Waals surface area contributed by atoms with Crippen molar-refractivity contribution in [3.05, 3.63) is 57.3 Å². The Morgan fingerprint density at radius 3 is 2.48 bits per heavy atom. The SMILES string of the molecule is CCOC(=O)Cn1c(=NS(=O)(=O)c2ccc(Cl)cc2)sc2cc(Cl)ccc21. The molecule has 3 aromatic rings. The van der Waals surface area contributed by atoms with Crippen molar-refractivity contribution < 1.29 is 17.9 Å². The Bertz CT molecular complexity index is 1170. The fourth-order valence-corrected chi connectivity index (χ4v) is 5.00. The predicted octanol–water partition coefficient (Wildman–Crippen LogP) is 3.86. The van der Waals surface area contributed by atoms with Crippen molar-refractivity contribution in [1.82, 2.24) is 4.57 Å². The van der Waals surface area contributed by atoms with Crippen LogP contribution in [0.1, 0.15) is 6.92 Å². The highest BCUT2D eigenvalue weighted by molar-refractivity contribution is 7.90. The number of thiazole rings is 1. The van der Waals surface area contributed by atoms with Gasteiger partial charge in [0.1, 0.15) is 6.54 Å². The van der Waals surface area contributed by atoms with E-state index < -0.39 is 16.0 Å². The van der Waals surface area contributed by atoms with Gasteiger partial charge in [-0.25, -0.2) is 0 Å². The first-order valence-corrected chi connectivity index (χ1v) is 10.8. The fraction of sp³-hybridized carbons (Fsp3) is 0.176. The lowest BCUT2D eigenvalue weighted by molar-refractivity contribution is -0.143. The minimum atomic E-state index is -3.99. The zero-order valence-electron chi connectivity index (χ0n) is 14.1. The summed E-state index contributed by atoms with van der Waals surface area (Å²) in [5, 5.41) is 0.918. The summed E-state index contributed by atoms with van der Waals surface area (Å²) in [4.78, 5) is 12.1. The molecule has 0 radical (unpaired) electrons. The van der Waals surface area contributed by atoms with Gasteiger partial charge in [-0.2, -0.15) is 8.42 Å². The number of ether oxygens (including phenoxy) is 1. The minimum Gasteiger partial charge on any atom is -0.465 e. The van der Waals surface area contributed by atoms with Crippen LogP contribution in [0.4, 0.5) is 0 Å². The first-order valence-electron chi connectivity index (χ1n) is 7.81. The molecule has 3 rings (SSSR count). The summed E-state index contributed by atoms with van der Waals surface area (Å²) in [5.41, 5.74) is 0.641. The molecular weight excluding hydrogens is 431 g/mol. The first-order chi connectivity index (χ1) is 12.8. The van der Waals surface area contributed by atoms with Crippen LogP contribution in [-0.4, -0.2) is 25.6 Å². The smallest absolute Gasteiger partial charge is 0.326 e. The number of carbonyl (C=O) groups excluding carboxylic acids is 1. The predicted molar refractivity (Wildman–Crippen MR) is 106 cm³/mol. The molecule has 0 aliphatic heterocycles. The van der Waals surface area contributed by atoms with Crippen LogP contribution in [0.15, 0.2) is 51.8 Å². The fourth-order valence-electron chi connectivity index (χ4n) is 2.37.